The lowest BCUT2D eigenvalue weighted by Crippen LogP contribution is -2.40. The molecule has 0 spiro atoms. The third-order valence-electron chi connectivity index (χ3n) is 1.97. The van der Waals surface area contributed by atoms with Gasteiger partial charge in [-0.25, -0.2) is 12.7 Å². The van der Waals surface area contributed by atoms with Crippen molar-refractivity contribution in [1.82, 2.24) is 9.21 Å². The van der Waals surface area contributed by atoms with Crippen LogP contribution in [0.3, 0.4) is 0 Å². The van der Waals surface area contributed by atoms with E-state index in [1.165, 1.54) is 4.31 Å². The molecule has 0 fully saturated rings. The number of likely N-dealkylation sites (N-methyl/N-ethyl adjacent to an activating group) is 1. The van der Waals surface area contributed by atoms with E-state index < -0.39 is 21.7 Å². The summed E-state index contributed by atoms with van der Waals surface area (Å²) in [5.74, 6) is -2.15. The van der Waals surface area contributed by atoms with E-state index in [4.69, 9.17) is 5.11 Å². The Balaban J connectivity index is 4.56. The predicted molar refractivity (Wildman–Crippen MR) is 61.8 cm³/mol. The SMILES string of the molecule is CCCN(CCN(C)C)S(=O)(=O)CC(=O)O. The van der Waals surface area contributed by atoms with Crippen LogP contribution in [-0.4, -0.2) is 68.2 Å². The summed E-state index contributed by atoms with van der Waals surface area (Å²) in [7, 11) is 0.0101. The first-order valence-electron chi connectivity index (χ1n) is 5.14. The first-order valence-corrected chi connectivity index (χ1v) is 6.75. The first-order chi connectivity index (χ1) is 7.29. The van der Waals surface area contributed by atoms with Gasteiger partial charge in [-0.2, -0.15) is 0 Å². The molecule has 0 aromatic carbocycles. The predicted octanol–water partition coefficient (Wildman–Crippen LogP) is -0.326. The maximum Gasteiger partial charge on any atom is 0.320 e. The standard InChI is InChI=1S/C9H20N2O4S/c1-4-5-11(7-6-10(2)3)16(14,15)8-9(12)13/h4-8H2,1-3H3,(H,12,13). The number of aliphatic carboxylic acids is 1. The van der Waals surface area contributed by atoms with Crippen molar-refractivity contribution < 1.29 is 18.3 Å². The van der Waals surface area contributed by atoms with Crippen molar-refractivity contribution in [3.63, 3.8) is 0 Å². The van der Waals surface area contributed by atoms with Crippen molar-refractivity contribution >= 4 is 16.0 Å². The van der Waals surface area contributed by atoms with Crippen LogP contribution in [0.25, 0.3) is 0 Å². The topological polar surface area (TPSA) is 77.9 Å². The van der Waals surface area contributed by atoms with E-state index in [9.17, 15) is 13.2 Å². The van der Waals surface area contributed by atoms with Crippen molar-refractivity contribution in [3.05, 3.63) is 0 Å². The number of carboxylic acid groups (broad SMARTS) is 1. The van der Waals surface area contributed by atoms with Crippen molar-refractivity contribution in [2.45, 2.75) is 13.3 Å². The second-order valence-electron chi connectivity index (χ2n) is 3.85. The number of nitrogens with zero attached hydrogens (tertiary/aromatic N) is 2. The molecule has 0 saturated heterocycles. The molecule has 0 aliphatic rings. The van der Waals surface area contributed by atoms with Crippen LogP contribution in [0, 0.1) is 0 Å². The van der Waals surface area contributed by atoms with Crippen LogP contribution in [0.4, 0.5) is 0 Å². The summed E-state index contributed by atoms with van der Waals surface area (Å²) in [5, 5.41) is 8.53. The molecule has 0 unspecified atom stereocenters. The molecule has 0 heterocycles. The molecule has 0 aliphatic heterocycles. The molecule has 0 radical (unpaired) electrons. The minimum Gasteiger partial charge on any atom is -0.480 e. The summed E-state index contributed by atoms with van der Waals surface area (Å²) in [4.78, 5) is 12.3. The molecule has 0 saturated carbocycles. The van der Waals surface area contributed by atoms with Crippen LogP contribution in [0.2, 0.25) is 0 Å². The molecule has 0 aliphatic carbocycles. The quantitative estimate of drug-likeness (QED) is 0.640. The zero-order chi connectivity index (χ0) is 12.8. The van der Waals surface area contributed by atoms with Crippen molar-refractivity contribution in [2.24, 2.45) is 0 Å². The average Bonchev–Trinajstić information content (AvgIpc) is 2.09. The van der Waals surface area contributed by atoms with Crippen LogP contribution in [-0.2, 0) is 14.8 Å². The summed E-state index contributed by atoms with van der Waals surface area (Å²) in [6, 6.07) is 0. The van der Waals surface area contributed by atoms with Crippen LogP contribution in [0.5, 0.6) is 0 Å². The lowest BCUT2D eigenvalue weighted by Gasteiger charge is -2.22. The lowest BCUT2D eigenvalue weighted by molar-refractivity contribution is -0.134. The van der Waals surface area contributed by atoms with E-state index in [0.717, 1.165) is 0 Å². The smallest absolute Gasteiger partial charge is 0.320 e. The molecule has 0 rings (SSSR count). The Kier molecular flexibility index (Phi) is 6.54. The van der Waals surface area contributed by atoms with Gasteiger partial charge in [0.05, 0.1) is 0 Å². The van der Waals surface area contributed by atoms with Crippen LogP contribution in [0.15, 0.2) is 0 Å². The van der Waals surface area contributed by atoms with E-state index >= 15 is 0 Å². The van der Waals surface area contributed by atoms with Gasteiger partial charge in [0.2, 0.25) is 10.0 Å². The third-order valence-corrected chi connectivity index (χ3v) is 3.73. The molecule has 6 nitrogen and oxygen atoms in total. The second kappa shape index (κ2) is 6.82. The molecule has 0 atom stereocenters. The second-order valence-corrected chi connectivity index (χ2v) is 5.82. The molecule has 0 aromatic rings. The Morgan fingerprint density at radius 2 is 1.75 bits per heavy atom. The molecular weight excluding hydrogens is 232 g/mol. The largest absolute Gasteiger partial charge is 0.480 e. The van der Waals surface area contributed by atoms with E-state index in [0.29, 0.717) is 26.1 Å². The summed E-state index contributed by atoms with van der Waals surface area (Å²) in [5.41, 5.74) is 0. The number of hydrogen-bond acceptors (Lipinski definition) is 4. The average molecular weight is 252 g/mol. The van der Waals surface area contributed by atoms with Gasteiger partial charge in [-0.05, 0) is 20.5 Å². The van der Waals surface area contributed by atoms with Gasteiger partial charge in [0.1, 0.15) is 0 Å². The zero-order valence-electron chi connectivity index (χ0n) is 10.0. The van der Waals surface area contributed by atoms with Crippen molar-refractivity contribution in [3.8, 4) is 0 Å². The summed E-state index contributed by atoms with van der Waals surface area (Å²) < 4.78 is 24.6. The molecule has 0 bridgehead atoms. The molecular formula is C9H20N2O4S. The summed E-state index contributed by atoms with van der Waals surface area (Å²) in [6.07, 6.45) is 0.673. The molecule has 0 aromatic heterocycles. The van der Waals surface area contributed by atoms with Gasteiger partial charge in [-0.3, -0.25) is 4.79 Å². The van der Waals surface area contributed by atoms with Gasteiger partial charge >= 0.3 is 5.97 Å². The maximum atomic E-state index is 11.7. The highest BCUT2D eigenvalue weighted by Crippen LogP contribution is 2.03. The van der Waals surface area contributed by atoms with Gasteiger partial charge in [-0.1, -0.05) is 6.92 Å². The molecule has 0 amide bonds. The summed E-state index contributed by atoms with van der Waals surface area (Å²) in [6.45, 7) is 3.14. The van der Waals surface area contributed by atoms with E-state index in [2.05, 4.69) is 0 Å². The number of rotatable bonds is 8. The fourth-order valence-corrected chi connectivity index (χ4v) is 2.51. The zero-order valence-corrected chi connectivity index (χ0v) is 10.8. The minimum atomic E-state index is -3.67. The third kappa shape index (κ3) is 6.04. The Bertz CT molecular complexity index is 313. The van der Waals surface area contributed by atoms with Gasteiger partial charge in [0.15, 0.2) is 5.75 Å². The molecule has 96 valence electrons. The van der Waals surface area contributed by atoms with Crippen LogP contribution < -0.4 is 0 Å². The molecule has 1 N–H and O–H groups in total. The highest BCUT2D eigenvalue weighted by molar-refractivity contribution is 7.89. The maximum absolute atomic E-state index is 11.7. The Hall–Kier alpha value is -0.660. The Labute approximate surface area is 96.9 Å². The van der Waals surface area contributed by atoms with Gasteiger partial charge < -0.3 is 10.0 Å². The fourth-order valence-electron chi connectivity index (χ4n) is 1.20. The van der Waals surface area contributed by atoms with Gasteiger partial charge in [0.25, 0.3) is 0 Å². The van der Waals surface area contributed by atoms with Gasteiger partial charge in [-0.15, -0.1) is 0 Å². The van der Waals surface area contributed by atoms with E-state index in [1.54, 1.807) is 0 Å². The highest BCUT2D eigenvalue weighted by atomic mass is 32.2. The number of carboxylic acids is 1. The van der Waals surface area contributed by atoms with E-state index in [1.807, 2.05) is 25.9 Å². The molecule has 7 heteroatoms. The highest BCUT2D eigenvalue weighted by Gasteiger charge is 2.24. The normalized spacial score (nSPS) is 12.3. The van der Waals surface area contributed by atoms with Crippen molar-refractivity contribution in [1.29, 1.82) is 0 Å². The fraction of sp³-hybridized carbons (Fsp3) is 0.889. The van der Waals surface area contributed by atoms with Gasteiger partial charge in [0, 0.05) is 19.6 Å². The van der Waals surface area contributed by atoms with Crippen LogP contribution >= 0.6 is 0 Å². The Morgan fingerprint density at radius 3 is 2.12 bits per heavy atom. The lowest BCUT2D eigenvalue weighted by atomic mass is 10.4. The number of hydrogen-bond donors (Lipinski definition) is 1. The number of sulfonamides is 1. The van der Waals surface area contributed by atoms with Crippen molar-refractivity contribution in [2.75, 3.05) is 39.5 Å². The monoisotopic (exact) mass is 252 g/mol. The number of carbonyl (C=O) groups is 1. The van der Waals surface area contributed by atoms with Crippen LogP contribution in [0.1, 0.15) is 13.3 Å². The van der Waals surface area contributed by atoms with E-state index in [-0.39, 0.29) is 0 Å². The molecule has 16 heavy (non-hydrogen) atoms. The summed E-state index contributed by atoms with van der Waals surface area (Å²) >= 11 is 0. The Morgan fingerprint density at radius 1 is 1.19 bits per heavy atom. The first kappa shape index (κ1) is 15.3. The minimum absolute atomic E-state index is 0.330.